The highest BCUT2D eigenvalue weighted by molar-refractivity contribution is 5.97. The number of methoxy groups -OCH3 is 2. The van der Waals surface area contributed by atoms with Crippen molar-refractivity contribution in [2.45, 2.75) is 26.2 Å². The Hall–Kier alpha value is -3.02. The van der Waals surface area contributed by atoms with E-state index in [1.165, 1.54) is 7.11 Å². The summed E-state index contributed by atoms with van der Waals surface area (Å²) in [4.78, 5) is 27.4. The summed E-state index contributed by atoms with van der Waals surface area (Å²) in [5.41, 5.74) is 2.65. The van der Waals surface area contributed by atoms with Crippen LogP contribution in [-0.4, -0.2) is 50.6 Å². The number of amides is 2. The third-order valence-corrected chi connectivity index (χ3v) is 5.51. The molecular weight excluding hydrogens is 380 g/mol. The van der Waals surface area contributed by atoms with E-state index >= 15 is 0 Å². The molecule has 0 bridgehead atoms. The quantitative estimate of drug-likeness (QED) is 0.761. The predicted octanol–water partition coefficient (Wildman–Crippen LogP) is 3.22. The molecule has 1 fully saturated rings. The molecule has 0 spiro atoms. The van der Waals surface area contributed by atoms with Gasteiger partial charge in [-0.25, -0.2) is 0 Å². The van der Waals surface area contributed by atoms with E-state index in [-0.39, 0.29) is 17.7 Å². The number of carbonyl (C=O) groups excluding carboxylic acids is 2. The molecule has 0 aliphatic carbocycles. The first-order chi connectivity index (χ1) is 14.5. The van der Waals surface area contributed by atoms with Crippen LogP contribution in [0.25, 0.3) is 0 Å². The summed E-state index contributed by atoms with van der Waals surface area (Å²) in [5, 5.41) is 3.00. The molecule has 160 valence electrons. The van der Waals surface area contributed by atoms with E-state index in [0.717, 1.165) is 30.5 Å². The lowest BCUT2D eigenvalue weighted by atomic mass is 9.97. The van der Waals surface area contributed by atoms with Crippen LogP contribution >= 0.6 is 0 Å². The number of hydrogen-bond acceptors (Lipinski definition) is 4. The van der Waals surface area contributed by atoms with Crippen LogP contribution in [0.3, 0.4) is 0 Å². The topological polar surface area (TPSA) is 67.9 Å². The number of hydrogen-bond donors (Lipinski definition) is 1. The number of aryl methyl sites for hydroxylation is 1. The molecule has 6 nitrogen and oxygen atoms in total. The average Bonchev–Trinajstić information content (AvgIpc) is 2.77. The number of ether oxygens (including phenoxy) is 2. The predicted molar refractivity (Wildman–Crippen MR) is 116 cm³/mol. The number of nitrogens with zero attached hydrogens (tertiary/aromatic N) is 1. The number of benzene rings is 2. The average molecular weight is 411 g/mol. The summed E-state index contributed by atoms with van der Waals surface area (Å²) in [6, 6.07) is 13.3. The van der Waals surface area contributed by atoms with E-state index in [2.05, 4.69) is 11.4 Å². The zero-order valence-corrected chi connectivity index (χ0v) is 17.9. The molecule has 2 aromatic carbocycles. The maximum Gasteiger partial charge on any atom is 0.255 e. The SMILES string of the molecule is COc1cccc(C(=O)NCC2CCCN(C(=O)Cc3cccc(C)c3)C2)c1OC. The van der Waals surface area contributed by atoms with Gasteiger partial charge in [-0.15, -0.1) is 0 Å². The summed E-state index contributed by atoms with van der Waals surface area (Å²) in [7, 11) is 3.07. The van der Waals surface area contributed by atoms with E-state index in [0.29, 0.717) is 36.6 Å². The Bertz CT molecular complexity index is 897. The molecule has 1 N–H and O–H groups in total. The minimum absolute atomic E-state index is 0.145. The van der Waals surface area contributed by atoms with Crippen molar-refractivity contribution in [3.8, 4) is 11.5 Å². The smallest absolute Gasteiger partial charge is 0.255 e. The van der Waals surface area contributed by atoms with Crippen molar-refractivity contribution < 1.29 is 19.1 Å². The van der Waals surface area contributed by atoms with E-state index in [9.17, 15) is 9.59 Å². The summed E-state index contributed by atoms with van der Waals surface area (Å²) in [6.07, 6.45) is 2.36. The third kappa shape index (κ3) is 5.32. The molecule has 2 amide bonds. The minimum Gasteiger partial charge on any atom is -0.493 e. The maximum absolute atomic E-state index is 12.7. The monoisotopic (exact) mass is 410 g/mol. The highest BCUT2D eigenvalue weighted by Gasteiger charge is 2.25. The lowest BCUT2D eigenvalue weighted by Gasteiger charge is -2.33. The summed E-state index contributed by atoms with van der Waals surface area (Å²) in [5.74, 6) is 1.13. The molecule has 30 heavy (non-hydrogen) atoms. The number of likely N-dealkylation sites (tertiary alicyclic amines) is 1. The Morgan fingerprint density at radius 2 is 1.93 bits per heavy atom. The Labute approximate surface area is 178 Å². The van der Waals surface area contributed by atoms with Gasteiger partial charge in [0.05, 0.1) is 26.2 Å². The first-order valence-electron chi connectivity index (χ1n) is 10.3. The summed E-state index contributed by atoms with van der Waals surface area (Å²) in [6.45, 7) is 4.00. The molecule has 3 rings (SSSR count). The van der Waals surface area contributed by atoms with Crippen LogP contribution in [0.15, 0.2) is 42.5 Å². The van der Waals surface area contributed by atoms with Gasteiger partial charge in [0.2, 0.25) is 5.91 Å². The van der Waals surface area contributed by atoms with Gasteiger partial charge in [0.1, 0.15) is 0 Å². The van der Waals surface area contributed by atoms with Crippen LogP contribution in [0.5, 0.6) is 11.5 Å². The molecule has 1 unspecified atom stereocenters. The van der Waals surface area contributed by atoms with E-state index < -0.39 is 0 Å². The normalized spacial score (nSPS) is 16.1. The first kappa shape index (κ1) is 21.7. The number of rotatable bonds is 7. The fraction of sp³-hybridized carbons (Fsp3) is 0.417. The Morgan fingerprint density at radius 1 is 1.13 bits per heavy atom. The molecule has 1 heterocycles. The van der Waals surface area contributed by atoms with Gasteiger partial charge in [0.25, 0.3) is 5.91 Å². The van der Waals surface area contributed by atoms with Gasteiger partial charge in [0, 0.05) is 19.6 Å². The van der Waals surface area contributed by atoms with E-state index in [1.807, 2.05) is 30.0 Å². The first-order valence-corrected chi connectivity index (χ1v) is 10.3. The van der Waals surface area contributed by atoms with Crippen molar-refractivity contribution in [2.24, 2.45) is 5.92 Å². The molecule has 0 radical (unpaired) electrons. The molecular formula is C24H30N2O4. The number of carbonyl (C=O) groups is 2. The molecule has 1 aliphatic heterocycles. The molecule has 0 saturated carbocycles. The fourth-order valence-corrected chi connectivity index (χ4v) is 3.96. The third-order valence-electron chi connectivity index (χ3n) is 5.51. The van der Waals surface area contributed by atoms with Crippen LogP contribution in [0.4, 0.5) is 0 Å². The minimum atomic E-state index is -0.200. The number of piperidine rings is 1. The van der Waals surface area contributed by atoms with Crippen LogP contribution in [0, 0.1) is 12.8 Å². The van der Waals surface area contributed by atoms with Crippen LogP contribution in [0.1, 0.15) is 34.3 Å². The lowest BCUT2D eigenvalue weighted by molar-refractivity contribution is -0.132. The highest BCUT2D eigenvalue weighted by Crippen LogP contribution is 2.30. The van der Waals surface area contributed by atoms with Crippen LogP contribution in [0.2, 0.25) is 0 Å². The van der Waals surface area contributed by atoms with Crippen molar-refractivity contribution in [3.63, 3.8) is 0 Å². The molecule has 1 saturated heterocycles. The van der Waals surface area contributed by atoms with Gasteiger partial charge in [-0.05, 0) is 43.4 Å². The molecule has 0 aromatic heterocycles. The second-order valence-corrected chi connectivity index (χ2v) is 7.76. The zero-order valence-electron chi connectivity index (χ0n) is 17.9. The largest absolute Gasteiger partial charge is 0.493 e. The fourth-order valence-electron chi connectivity index (χ4n) is 3.96. The lowest BCUT2D eigenvalue weighted by Crippen LogP contribution is -2.44. The molecule has 2 aromatic rings. The van der Waals surface area contributed by atoms with Gasteiger partial charge >= 0.3 is 0 Å². The molecule has 6 heteroatoms. The van der Waals surface area contributed by atoms with E-state index in [1.54, 1.807) is 25.3 Å². The number of nitrogens with one attached hydrogen (secondary N) is 1. The van der Waals surface area contributed by atoms with Crippen molar-refractivity contribution >= 4 is 11.8 Å². The number of para-hydroxylation sites is 1. The van der Waals surface area contributed by atoms with Crippen molar-refractivity contribution in [3.05, 3.63) is 59.2 Å². The van der Waals surface area contributed by atoms with Gasteiger partial charge < -0.3 is 19.7 Å². The Morgan fingerprint density at radius 3 is 2.67 bits per heavy atom. The zero-order chi connectivity index (χ0) is 21.5. The van der Waals surface area contributed by atoms with Gasteiger partial charge in [-0.2, -0.15) is 0 Å². The van der Waals surface area contributed by atoms with Crippen LogP contribution in [-0.2, 0) is 11.2 Å². The van der Waals surface area contributed by atoms with E-state index in [4.69, 9.17) is 9.47 Å². The second kappa shape index (κ2) is 10.1. The van der Waals surface area contributed by atoms with Crippen molar-refractivity contribution in [1.29, 1.82) is 0 Å². The second-order valence-electron chi connectivity index (χ2n) is 7.76. The van der Waals surface area contributed by atoms with Crippen molar-refractivity contribution in [2.75, 3.05) is 33.9 Å². The van der Waals surface area contributed by atoms with Crippen molar-refractivity contribution in [1.82, 2.24) is 10.2 Å². The Balaban J connectivity index is 1.56. The standard InChI is InChI=1S/C24H30N2O4/c1-17-7-4-8-18(13-17)14-22(27)26-12-6-9-19(16-26)15-25-24(28)20-10-5-11-21(29-2)23(20)30-3/h4-5,7-8,10-11,13,19H,6,9,12,14-16H2,1-3H3,(H,25,28). The van der Waals surface area contributed by atoms with Crippen LogP contribution < -0.4 is 14.8 Å². The summed E-state index contributed by atoms with van der Waals surface area (Å²) < 4.78 is 10.6. The van der Waals surface area contributed by atoms with Gasteiger partial charge in [0.15, 0.2) is 11.5 Å². The van der Waals surface area contributed by atoms with Gasteiger partial charge in [-0.3, -0.25) is 9.59 Å². The molecule has 1 aliphatic rings. The Kier molecular flexibility index (Phi) is 7.33. The molecule has 1 atom stereocenters. The highest BCUT2D eigenvalue weighted by atomic mass is 16.5. The summed E-state index contributed by atoms with van der Waals surface area (Å²) >= 11 is 0. The van der Waals surface area contributed by atoms with Gasteiger partial charge in [-0.1, -0.05) is 35.9 Å². The maximum atomic E-state index is 12.7.